The van der Waals surface area contributed by atoms with Crippen molar-refractivity contribution in [3.63, 3.8) is 0 Å². The van der Waals surface area contributed by atoms with Crippen LogP contribution in [-0.2, 0) is 0 Å². The molecule has 0 radical (unpaired) electrons. The Bertz CT molecular complexity index is 838. The number of aryl methyl sites for hydroxylation is 2. The average Bonchev–Trinajstić information content (AvgIpc) is 2.90. The summed E-state index contributed by atoms with van der Waals surface area (Å²) < 4.78 is 5.10. The van der Waals surface area contributed by atoms with Crippen molar-refractivity contribution >= 4 is 33.1 Å². The highest BCUT2D eigenvalue weighted by Gasteiger charge is 2.13. The second-order valence-electron chi connectivity index (χ2n) is 5.09. The first kappa shape index (κ1) is 14.5. The van der Waals surface area contributed by atoms with Crippen molar-refractivity contribution in [2.75, 3.05) is 12.4 Å². The number of carbonyl (C=O) groups excluding carboxylic acids is 1. The van der Waals surface area contributed by atoms with Gasteiger partial charge in [-0.15, -0.1) is 11.3 Å². The molecule has 0 saturated carbocycles. The van der Waals surface area contributed by atoms with Gasteiger partial charge in [0.15, 0.2) is 0 Å². The number of methoxy groups -OCH3 is 1. The molecule has 2 aromatic heterocycles. The standard InChI is InChI=1S/C17H16N2O2S/c1-10-8-11(2)18-17-15(10)14(9-22-17)19-16(20)12-4-6-13(21-3)7-5-12/h4-9H,1-3H3,(H,19,20). The fraction of sp³-hybridized carbons (Fsp3) is 0.176. The Kier molecular flexibility index (Phi) is 3.81. The molecule has 0 saturated heterocycles. The van der Waals surface area contributed by atoms with Crippen LogP contribution in [0.25, 0.3) is 10.2 Å². The molecule has 0 fully saturated rings. The van der Waals surface area contributed by atoms with Crippen molar-refractivity contribution in [3.8, 4) is 5.75 Å². The smallest absolute Gasteiger partial charge is 0.255 e. The summed E-state index contributed by atoms with van der Waals surface area (Å²) >= 11 is 1.54. The number of anilines is 1. The van der Waals surface area contributed by atoms with Crippen molar-refractivity contribution in [2.24, 2.45) is 0 Å². The monoisotopic (exact) mass is 312 g/mol. The molecule has 4 nitrogen and oxygen atoms in total. The van der Waals surface area contributed by atoms with E-state index in [0.29, 0.717) is 5.56 Å². The van der Waals surface area contributed by atoms with E-state index < -0.39 is 0 Å². The number of pyridine rings is 1. The van der Waals surface area contributed by atoms with Crippen LogP contribution in [0.4, 0.5) is 5.69 Å². The molecule has 3 aromatic rings. The summed E-state index contributed by atoms with van der Waals surface area (Å²) in [4.78, 5) is 17.8. The summed E-state index contributed by atoms with van der Waals surface area (Å²) in [6.45, 7) is 4.01. The summed E-state index contributed by atoms with van der Waals surface area (Å²) in [7, 11) is 1.60. The lowest BCUT2D eigenvalue weighted by Crippen LogP contribution is -2.11. The molecule has 0 unspecified atom stereocenters. The Hall–Kier alpha value is -2.40. The van der Waals surface area contributed by atoms with E-state index in [1.807, 2.05) is 25.3 Å². The number of thiophene rings is 1. The Balaban J connectivity index is 1.90. The van der Waals surface area contributed by atoms with Crippen molar-refractivity contribution in [3.05, 3.63) is 52.5 Å². The van der Waals surface area contributed by atoms with Gasteiger partial charge in [0, 0.05) is 22.0 Å². The van der Waals surface area contributed by atoms with Crippen LogP contribution in [0.3, 0.4) is 0 Å². The van der Waals surface area contributed by atoms with Crippen molar-refractivity contribution < 1.29 is 9.53 Å². The number of benzene rings is 1. The van der Waals surface area contributed by atoms with Gasteiger partial charge >= 0.3 is 0 Å². The summed E-state index contributed by atoms with van der Waals surface area (Å²) in [6.07, 6.45) is 0. The van der Waals surface area contributed by atoms with E-state index in [-0.39, 0.29) is 5.91 Å². The zero-order chi connectivity index (χ0) is 15.7. The number of aromatic nitrogens is 1. The van der Waals surface area contributed by atoms with Crippen LogP contribution in [0.1, 0.15) is 21.6 Å². The topological polar surface area (TPSA) is 51.2 Å². The number of ether oxygens (including phenoxy) is 1. The fourth-order valence-corrected chi connectivity index (χ4v) is 3.41. The van der Waals surface area contributed by atoms with E-state index >= 15 is 0 Å². The number of hydrogen-bond donors (Lipinski definition) is 1. The van der Waals surface area contributed by atoms with Gasteiger partial charge in [-0.05, 0) is 49.7 Å². The van der Waals surface area contributed by atoms with E-state index in [4.69, 9.17) is 4.74 Å². The first-order valence-electron chi connectivity index (χ1n) is 6.89. The maximum absolute atomic E-state index is 12.4. The predicted octanol–water partition coefficient (Wildman–Crippen LogP) is 4.17. The van der Waals surface area contributed by atoms with Crippen LogP contribution < -0.4 is 10.1 Å². The highest BCUT2D eigenvalue weighted by Crippen LogP contribution is 2.32. The molecule has 0 bridgehead atoms. The highest BCUT2D eigenvalue weighted by molar-refractivity contribution is 7.17. The van der Waals surface area contributed by atoms with Crippen LogP contribution >= 0.6 is 11.3 Å². The second kappa shape index (κ2) is 5.77. The third kappa shape index (κ3) is 2.67. The minimum atomic E-state index is -0.137. The van der Waals surface area contributed by atoms with E-state index in [2.05, 4.69) is 10.3 Å². The van der Waals surface area contributed by atoms with Gasteiger partial charge in [-0.2, -0.15) is 0 Å². The Morgan fingerprint density at radius 1 is 1.23 bits per heavy atom. The van der Waals surface area contributed by atoms with Gasteiger partial charge in [-0.1, -0.05) is 0 Å². The summed E-state index contributed by atoms with van der Waals surface area (Å²) in [6, 6.07) is 9.07. The molecule has 0 aliphatic carbocycles. The second-order valence-corrected chi connectivity index (χ2v) is 5.95. The highest BCUT2D eigenvalue weighted by atomic mass is 32.1. The fourth-order valence-electron chi connectivity index (χ4n) is 2.42. The lowest BCUT2D eigenvalue weighted by Gasteiger charge is -2.07. The number of amides is 1. The molecule has 0 spiro atoms. The van der Waals surface area contributed by atoms with Gasteiger partial charge in [-0.25, -0.2) is 4.98 Å². The van der Waals surface area contributed by atoms with Crippen LogP contribution in [0, 0.1) is 13.8 Å². The maximum atomic E-state index is 12.4. The molecule has 1 N–H and O–H groups in total. The predicted molar refractivity (Wildman–Crippen MR) is 90.0 cm³/mol. The molecule has 1 amide bonds. The lowest BCUT2D eigenvalue weighted by atomic mass is 10.1. The Labute approximate surface area is 132 Å². The Morgan fingerprint density at radius 3 is 2.64 bits per heavy atom. The van der Waals surface area contributed by atoms with E-state index in [1.165, 1.54) is 11.3 Å². The molecule has 2 heterocycles. The van der Waals surface area contributed by atoms with Gasteiger partial charge in [0.25, 0.3) is 5.91 Å². The van der Waals surface area contributed by atoms with Crippen LogP contribution in [-0.4, -0.2) is 18.0 Å². The number of hydrogen-bond acceptors (Lipinski definition) is 4. The number of rotatable bonds is 3. The Morgan fingerprint density at radius 2 is 1.95 bits per heavy atom. The maximum Gasteiger partial charge on any atom is 0.255 e. The number of nitrogens with one attached hydrogen (secondary N) is 1. The van der Waals surface area contributed by atoms with Crippen LogP contribution in [0.15, 0.2) is 35.7 Å². The summed E-state index contributed by atoms with van der Waals surface area (Å²) in [5.41, 5.74) is 3.51. The largest absolute Gasteiger partial charge is 0.497 e. The third-order valence-corrected chi connectivity index (χ3v) is 4.34. The minimum absolute atomic E-state index is 0.137. The summed E-state index contributed by atoms with van der Waals surface area (Å²) in [5, 5.41) is 5.92. The molecular formula is C17H16N2O2S. The number of carbonyl (C=O) groups is 1. The van der Waals surface area contributed by atoms with Crippen molar-refractivity contribution in [1.29, 1.82) is 0 Å². The average molecular weight is 312 g/mol. The van der Waals surface area contributed by atoms with E-state index in [1.54, 1.807) is 31.4 Å². The quantitative estimate of drug-likeness (QED) is 0.789. The molecule has 1 aromatic carbocycles. The minimum Gasteiger partial charge on any atom is -0.497 e. The van der Waals surface area contributed by atoms with Gasteiger partial charge in [0.2, 0.25) is 0 Å². The molecule has 0 aliphatic heterocycles. The number of fused-ring (bicyclic) bond motifs is 1. The molecule has 0 aliphatic rings. The van der Waals surface area contributed by atoms with E-state index in [9.17, 15) is 4.79 Å². The van der Waals surface area contributed by atoms with Gasteiger partial charge in [0.1, 0.15) is 10.6 Å². The molecule has 5 heteroatoms. The first-order chi connectivity index (χ1) is 10.6. The van der Waals surface area contributed by atoms with Crippen molar-refractivity contribution in [2.45, 2.75) is 13.8 Å². The van der Waals surface area contributed by atoms with Crippen LogP contribution in [0.2, 0.25) is 0 Å². The van der Waals surface area contributed by atoms with Crippen molar-refractivity contribution in [1.82, 2.24) is 4.98 Å². The summed E-state index contributed by atoms with van der Waals surface area (Å²) in [5.74, 6) is 0.593. The normalized spacial score (nSPS) is 10.7. The van der Waals surface area contributed by atoms with Crippen LogP contribution in [0.5, 0.6) is 5.75 Å². The lowest BCUT2D eigenvalue weighted by molar-refractivity contribution is 0.102. The molecule has 112 valence electrons. The molecule has 0 atom stereocenters. The third-order valence-electron chi connectivity index (χ3n) is 3.47. The van der Waals surface area contributed by atoms with Gasteiger partial charge in [-0.3, -0.25) is 4.79 Å². The molecule has 3 rings (SSSR count). The number of nitrogens with zero attached hydrogens (tertiary/aromatic N) is 1. The van der Waals surface area contributed by atoms with E-state index in [0.717, 1.165) is 32.9 Å². The first-order valence-corrected chi connectivity index (χ1v) is 7.77. The zero-order valence-corrected chi connectivity index (χ0v) is 13.5. The van der Waals surface area contributed by atoms with Gasteiger partial charge < -0.3 is 10.1 Å². The molecule has 22 heavy (non-hydrogen) atoms. The zero-order valence-electron chi connectivity index (χ0n) is 12.6. The SMILES string of the molecule is COc1ccc(C(=O)Nc2csc3nc(C)cc(C)c23)cc1. The molecular weight excluding hydrogens is 296 g/mol. The van der Waals surface area contributed by atoms with Gasteiger partial charge in [0.05, 0.1) is 12.8 Å².